The summed E-state index contributed by atoms with van der Waals surface area (Å²) < 4.78 is 0. The SMILES string of the molecule is CC(C)=C1C(=O)CC[C@@H](C)[C@@H]2CCC(C)=C12. The lowest BCUT2D eigenvalue weighted by Gasteiger charge is -2.20. The molecule has 16 heavy (non-hydrogen) atoms. The summed E-state index contributed by atoms with van der Waals surface area (Å²) in [5, 5.41) is 0. The van der Waals surface area contributed by atoms with Gasteiger partial charge in [-0.15, -0.1) is 0 Å². The van der Waals surface area contributed by atoms with Crippen LogP contribution in [0, 0.1) is 11.8 Å². The largest absolute Gasteiger partial charge is 0.294 e. The Labute approximate surface area is 98.6 Å². The zero-order chi connectivity index (χ0) is 11.9. The molecule has 0 radical (unpaired) electrons. The predicted molar refractivity (Wildman–Crippen MR) is 67.2 cm³/mol. The molecule has 0 aromatic heterocycles. The van der Waals surface area contributed by atoms with Crippen LogP contribution in [0.3, 0.4) is 0 Å². The van der Waals surface area contributed by atoms with Gasteiger partial charge in [0.25, 0.3) is 0 Å². The molecule has 2 atom stereocenters. The van der Waals surface area contributed by atoms with Gasteiger partial charge >= 0.3 is 0 Å². The molecule has 0 N–H and O–H groups in total. The lowest BCUT2D eigenvalue weighted by molar-refractivity contribution is -0.115. The minimum Gasteiger partial charge on any atom is -0.294 e. The van der Waals surface area contributed by atoms with E-state index in [1.165, 1.54) is 29.6 Å². The molecule has 0 aromatic carbocycles. The average molecular weight is 218 g/mol. The number of Topliss-reactive ketones (excluding diaryl/α,β-unsaturated/α-hetero) is 1. The number of ketones is 1. The molecule has 2 aliphatic carbocycles. The van der Waals surface area contributed by atoms with Crippen molar-refractivity contribution in [3.8, 4) is 0 Å². The predicted octanol–water partition coefficient (Wildman–Crippen LogP) is 4.05. The van der Waals surface area contributed by atoms with Crippen LogP contribution in [0.5, 0.6) is 0 Å². The molecule has 0 spiro atoms. The maximum atomic E-state index is 12.2. The number of fused-ring (bicyclic) bond motifs is 1. The zero-order valence-electron chi connectivity index (χ0n) is 10.9. The maximum absolute atomic E-state index is 12.2. The summed E-state index contributed by atoms with van der Waals surface area (Å²) in [6.07, 6.45) is 4.26. The van der Waals surface area contributed by atoms with E-state index in [0.29, 0.717) is 17.6 Å². The maximum Gasteiger partial charge on any atom is 0.163 e. The molecule has 0 saturated heterocycles. The second-order valence-electron chi connectivity index (χ2n) is 5.65. The van der Waals surface area contributed by atoms with Gasteiger partial charge in [0.1, 0.15) is 0 Å². The fourth-order valence-electron chi connectivity index (χ4n) is 3.32. The topological polar surface area (TPSA) is 17.1 Å². The summed E-state index contributed by atoms with van der Waals surface area (Å²) in [6, 6.07) is 0. The van der Waals surface area contributed by atoms with E-state index in [4.69, 9.17) is 0 Å². The molecule has 0 unspecified atom stereocenters. The van der Waals surface area contributed by atoms with Crippen molar-refractivity contribution in [1.82, 2.24) is 0 Å². The van der Waals surface area contributed by atoms with Crippen molar-refractivity contribution in [3.05, 3.63) is 22.3 Å². The summed E-state index contributed by atoms with van der Waals surface area (Å²) in [7, 11) is 0. The minimum absolute atomic E-state index is 0.380. The lowest BCUT2D eigenvalue weighted by Crippen LogP contribution is -2.11. The highest BCUT2D eigenvalue weighted by atomic mass is 16.1. The van der Waals surface area contributed by atoms with E-state index in [-0.39, 0.29) is 0 Å². The van der Waals surface area contributed by atoms with E-state index in [0.717, 1.165) is 18.4 Å². The van der Waals surface area contributed by atoms with Crippen molar-refractivity contribution in [2.75, 3.05) is 0 Å². The standard InChI is InChI=1S/C15H22O/c1-9(2)14-13(16)8-6-10(3)12-7-5-11(4)15(12)14/h10,12H,5-8H2,1-4H3/t10-,12+/m1/s1. The van der Waals surface area contributed by atoms with Crippen LogP contribution in [0.2, 0.25) is 0 Å². The van der Waals surface area contributed by atoms with Gasteiger partial charge in [0.2, 0.25) is 0 Å². The fourth-order valence-corrected chi connectivity index (χ4v) is 3.32. The van der Waals surface area contributed by atoms with Crippen LogP contribution in [-0.4, -0.2) is 5.78 Å². The number of hydrogen-bond acceptors (Lipinski definition) is 1. The van der Waals surface area contributed by atoms with E-state index in [1.54, 1.807) is 0 Å². The summed E-state index contributed by atoms with van der Waals surface area (Å²) in [6.45, 7) is 8.69. The first-order valence-corrected chi connectivity index (χ1v) is 6.43. The van der Waals surface area contributed by atoms with Crippen LogP contribution >= 0.6 is 0 Å². The summed E-state index contributed by atoms with van der Waals surface area (Å²) in [5.74, 6) is 1.70. The number of carbonyl (C=O) groups excluding carboxylic acids is 1. The van der Waals surface area contributed by atoms with Crippen molar-refractivity contribution < 1.29 is 4.79 Å². The van der Waals surface area contributed by atoms with E-state index < -0.39 is 0 Å². The minimum atomic E-state index is 0.380. The molecule has 0 bridgehead atoms. The van der Waals surface area contributed by atoms with Gasteiger partial charge in [0.05, 0.1) is 0 Å². The molecule has 1 nitrogen and oxygen atoms in total. The molecule has 0 amide bonds. The van der Waals surface area contributed by atoms with Gasteiger partial charge < -0.3 is 0 Å². The Morgan fingerprint density at radius 3 is 2.50 bits per heavy atom. The molecule has 2 aliphatic rings. The Hall–Kier alpha value is -0.850. The third kappa shape index (κ3) is 1.77. The quantitative estimate of drug-likeness (QED) is 0.561. The van der Waals surface area contributed by atoms with Crippen LogP contribution in [-0.2, 0) is 4.79 Å². The first-order chi connectivity index (χ1) is 7.52. The highest BCUT2D eigenvalue weighted by Crippen LogP contribution is 2.45. The third-order valence-electron chi connectivity index (χ3n) is 4.22. The van der Waals surface area contributed by atoms with Gasteiger partial charge in [-0.05, 0) is 57.4 Å². The van der Waals surface area contributed by atoms with E-state index >= 15 is 0 Å². The van der Waals surface area contributed by atoms with Crippen molar-refractivity contribution in [2.45, 2.75) is 53.4 Å². The Morgan fingerprint density at radius 2 is 1.88 bits per heavy atom. The van der Waals surface area contributed by atoms with Crippen LogP contribution < -0.4 is 0 Å². The van der Waals surface area contributed by atoms with Crippen molar-refractivity contribution in [2.24, 2.45) is 11.8 Å². The Morgan fingerprint density at radius 1 is 1.19 bits per heavy atom. The first-order valence-electron chi connectivity index (χ1n) is 6.43. The van der Waals surface area contributed by atoms with Gasteiger partial charge in [-0.2, -0.15) is 0 Å². The number of allylic oxidation sites excluding steroid dienone is 4. The molecule has 88 valence electrons. The third-order valence-corrected chi connectivity index (χ3v) is 4.22. The number of hydrogen-bond donors (Lipinski definition) is 0. The Balaban J connectivity index is 2.55. The van der Waals surface area contributed by atoms with Crippen LogP contribution in [0.25, 0.3) is 0 Å². The van der Waals surface area contributed by atoms with E-state index in [9.17, 15) is 4.79 Å². The molecule has 0 heterocycles. The highest BCUT2D eigenvalue weighted by Gasteiger charge is 2.35. The molecule has 0 aliphatic heterocycles. The van der Waals surface area contributed by atoms with Gasteiger partial charge in [-0.25, -0.2) is 0 Å². The molecule has 1 heteroatoms. The van der Waals surface area contributed by atoms with Gasteiger partial charge in [0.15, 0.2) is 5.78 Å². The summed E-state index contributed by atoms with van der Waals surface area (Å²) >= 11 is 0. The van der Waals surface area contributed by atoms with Crippen molar-refractivity contribution >= 4 is 5.78 Å². The molecule has 0 aromatic rings. The molecule has 2 rings (SSSR count). The van der Waals surface area contributed by atoms with Crippen LogP contribution in [0.15, 0.2) is 22.3 Å². The molecular formula is C15H22O. The summed E-state index contributed by atoms with van der Waals surface area (Å²) in [4.78, 5) is 12.2. The van der Waals surface area contributed by atoms with Crippen LogP contribution in [0.4, 0.5) is 0 Å². The molecule has 1 saturated carbocycles. The second-order valence-corrected chi connectivity index (χ2v) is 5.65. The number of rotatable bonds is 0. The molecular weight excluding hydrogens is 196 g/mol. The first kappa shape index (κ1) is 11.6. The summed E-state index contributed by atoms with van der Waals surface area (Å²) in [5.41, 5.74) is 5.16. The number of carbonyl (C=O) groups is 1. The normalized spacial score (nSPS) is 30.5. The van der Waals surface area contributed by atoms with Crippen molar-refractivity contribution in [3.63, 3.8) is 0 Å². The Bertz CT molecular complexity index is 380. The highest BCUT2D eigenvalue weighted by molar-refractivity contribution is 6.01. The van der Waals surface area contributed by atoms with Crippen LogP contribution in [0.1, 0.15) is 53.4 Å². The van der Waals surface area contributed by atoms with Gasteiger partial charge in [0, 0.05) is 12.0 Å². The fraction of sp³-hybridized carbons (Fsp3) is 0.667. The Kier molecular flexibility index (Phi) is 3.05. The monoisotopic (exact) mass is 218 g/mol. The zero-order valence-corrected chi connectivity index (χ0v) is 10.9. The second kappa shape index (κ2) is 4.20. The van der Waals surface area contributed by atoms with E-state index in [1.807, 2.05) is 0 Å². The average Bonchev–Trinajstić information content (AvgIpc) is 2.51. The van der Waals surface area contributed by atoms with Gasteiger partial charge in [-0.1, -0.05) is 18.1 Å². The van der Waals surface area contributed by atoms with Crippen molar-refractivity contribution in [1.29, 1.82) is 0 Å². The van der Waals surface area contributed by atoms with Gasteiger partial charge in [-0.3, -0.25) is 4.79 Å². The lowest BCUT2D eigenvalue weighted by atomic mass is 9.84. The smallest absolute Gasteiger partial charge is 0.163 e. The van der Waals surface area contributed by atoms with E-state index in [2.05, 4.69) is 27.7 Å². The molecule has 1 fully saturated rings.